The predicted octanol–water partition coefficient (Wildman–Crippen LogP) is 3.41. The van der Waals surface area contributed by atoms with Gasteiger partial charge in [0.1, 0.15) is 6.54 Å². The lowest BCUT2D eigenvalue weighted by Gasteiger charge is -2.19. The molecule has 2 amide bonds. The number of hydrogen-bond acceptors (Lipinski definition) is 4. The van der Waals surface area contributed by atoms with Gasteiger partial charge < -0.3 is 5.32 Å². The number of amides is 2. The van der Waals surface area contributed by atoms with E-state index in [0.717, 1.165) is 5.69 Å². The summed E-state index contributed by atoms with van der Waals surface area (Å²) in [7, 11) is 0. The molecule has 2 aromatic rings. The van der Waals surface area contributed by atoms with E-state index in [2.05, 4.69) is 10.3 Å². The zero-order chi connectivity index (χ0) is 16.9. The van der Waals surface area contributed by atoms with Crippen LogP contribution in [0.2, 0.25) is 5.02 Å². The number of thioether (sulfide) groups is 1. The van der Waals surface area contributed by atoms with Crippen LogP contribution in [0.3, 0.4) is 0 Å². The number of nitrogens with zero attached hydrogens (tertiary/aromatic N) is 2. The molecule has 0 aliphatic carbocycles. The summed E-state index contributed by atoms with van der Waals surface area (Å²) < 4.78 is 0. The molecule has 1 N–H and O–H groups in total. The number of carbonyl (C=O) groups excluding carboxylic acids is 2. The predicted molar refractivity (Wildman–Crippen MR) is 98.8 cm³/mol. The van der Waals surface area contributed by atoms with Gasteiger partial charge in [-0.15, -0.1) is 0 Å². The van der Waals surface area contributed by atoms with Gasteiger partial charge in [-0.05, 0) is 24.3 Å². The van der Waals surface area contributed by atoms with Gasteiger partial charge in [-0.25, -0.2) is 0 Å². The normalized spacial score (nSPS) is 13.8. The Kier molecular flexibility index (Phi) is 5.17. The lowest BCUT2D eigenvalue weighted by atomic mass is 10.3. The zero-order valence-electron chi connectivity index (χ0n) is 12.6. The van der Waals surface area contributed by atoms with E-state index in [1.54, 1.807) is 24.3 Å². The molecular weight excluding hydrogens is 346 g/mol. The second kappa shape index (κ2) is 7.51. The summed E-state index contributed by atoms with van der Waals surface area (Å²) in [5, 5.41) is 3.75. The first-order valence-corrected chi connectivity index (χ1v) is 8.61. The van der Waals surface area contributed by atoms with Crippen LogP contribution in [0, 0.1) is 0 Å². The van der Waals surface area contributed by atoms with Crippen molar-refractivity contribution in [1.29, 1.82) is 0 Å². The minimum atomic E-state index is -0.160. The number of anilines is 2. The molecule has 5 nitrogen and oxygen atoms in total. The van der Waals surface area contributed by atoms with E-state index >= 15 is 0 Å². The summed E-state index contributed by atoms with van der Waals surface area (Å²) in [5.41, 5.74) is 1.31. The molecule has 1 heterocycles. The summed E-state index contributed by atoms with van der Waals surface area (Å²) in [6.07, 6.45) is 0. The highest BCUT2D eigenvalue weighted by molar-refractivity contribution is 8.14. The molecule has 0 aromatic heterocycles. The number of hydrogen-bond donors (Lipinski definition) is 1. The Morgan fingerprint density at radius 3 is 2.62 bits per heavy atom. The molecular formula is C17H14ClN3O2S. The summed E-state index contributed by atoms with van der Waals surface area (Å²) >= 11 is 7.38. The molecule has 0 saturated carbocycles. The third kappa shape index (κ3) is 3.77. The van der Waals surface area contributed by atoms with E-state index in [-0.39, 0.29) is 24.1 Å². The Labute approximate surface area is 148 Å². The van der Waals surface area contributed by atoms with E-state index in [0.29, 0.717) is 15.9 Å². The summed E-state index contributed by atoms with van der Waals surface area (Å²) in [6, 6.07) is 16.3. The first-order chi connectivity index (χ1) is 11.6. The van der Waals surface area contributed by atoms with Crippen molar-refractivity contribution >= 4 is 51.7 Å². The van der Waals surface area contributed by atoms with Crippen molar-refractivity contribution in [1.82, 2.24) is 0 Å². The van der Waals surface area contributed by atoms with Gasteiger partial charge in [0.15, 0.2) is 5.17 Å². The number of halogens is 1. The number of carbonyl (C=O) groups is 2. The van der Waals surface area contributed by atoms with Crippen LogP contribution in [0.25, 0.3) is 0 Å². The molecule has 1 aliphatic heterocycles. The third-order valence-corrected chi connectivity index (χ3v) is 4.57. The molecule has 0 bridgehead atoms. The first-order valence-electron chi connectivity index (χ1n) is 7.25. The zero-order valence-corrected chi connectivity index (χ0v) is 14.2. The van der Waals surface area contributed by atoms with E-state index in [1.807, 2.05) is 30.3 Å². The fraction of sp³-hybridized carbons (Fsp3) is 0.118. The SMILES string of the molecule is O=C(CSC1=NCC(=O)N1c1ccccc1Cl)Nc1ccccc1. The fourth-order valence-corrected chi connectivity index (χ4v) is 3.25. The molecule has 122 valence electrons. The van der Waals surface area contributed by atoms with Gasteiger partial charge in [0.2, 0.25) is 5.91 Å². The van der Waals surface area contributed by atoms with Crippen LogP contribution in [0.5, 0.6) is 0 Å². The highest BCUT2D eigenvalue weighted by Gasteiger charge is 2.29. The summed E-state index contributed by atoms with van der Waals surface area (Å²) in [4.78, 5) is 29.8. The van der Waals surface area contributed by atoms with E-state index < -0.39 is 0 Å². The van der Waals surface area contributed by atoms with Gasteiger partial charge in [-0.2, -0.15) is 0 Å². The molecule has 0 radical (unpaired) electrons. The van der Waals surface area contributed by atoms with Crippen LogP contribution in [-0.2, 0) is 9.59 Å². The molecule has 3 rings (SSSR count). The lowest BCUT2D eigenvalue weighted by molar-refractivity contribution is -0.116. The quantitative estimate of drug-likeness (QED) is 0.909. The van der Waals surface area contributed by atoms with Gasteiger partial charge >= 0.3 is 0 Å². The number of benzene rings is 2. The number of para-hydroxylation sites is 2. The molecule has 0 spiro atoms. The van der Waals surface area contributed by atoms with E-state index in [1.165, 1.54) is 16.7 Å². The molecule has 0 saturated heterocycles. The Morgan fingerprint density at radius 2 is 1.88 bits per heavy atom. The van der Waals surface area contributed by atoms with Gasteiger partial charge in [-0.3, -0.25) is 19.5 Å². The van der Waals surface area contributed by atoms with Crippen LogP contribution < -0.4 is 10.2 Å². The third-order valence-electron chi connectivity index (χ3n) is 3.27. The lowest BCUT2D eigenvalue weighted by Crippen LogP contribution is -2.31. The van der Waals surface area contributed by atoms with Gasteiger partial charge in [0, 0.05) is 5.69 Å². The van der Waals surface area contributed by atoms with E-state index in [9.17, 15) is 9.59 Å². The Bertz CT molecular complexity index is 795. The summed E-state index contributed by atoms with van der Waals surface area (Å²) in [6.45, 7) is 0.0634. The standard InChI is InChI=1S/C17H14ClN3O2S/c18-13-8-4-5-9-14(13)21-16(23)10-19-17(21)24-11-15(22)20-12-6-2-1-3-7-12/h1-9H,10-11H2,(H,20,22). The van der Waals surface area contributed by atoms with Crippen molar-refractivity contribution in [2.24, 2.45) is 4.99 Å². The number of aliphatic imine (C=N–C) groups is 1. The van der Waals surface area contributed by atoms with Crippen molar-refractivity contribution in [2.45, 2.75) is 0 Å². The van der Waals surface area contributed by atoms with Gasteiger partial charge in [-0.1, -0.05) is 53.7 Å². The highest BCUT2D eigenvalue weighted by Crippen LogP contribution is 2.30. The minimum absolute atomic E-state index is 0.0634. The first kappa shape index (κ1) is 16.5. The molecule has 1 aliphatic rings. The van der Waals surface area contributed by atoms with Crippen LogP contribution in [0.15, 0.2) is 59.6 Å². The topological polar surface area (TPSA) is 61.8 Å². The van der Waals surface area contributed by atoms with Crippen LogP contribution in [0.4, 0.5) is 11.4 Å². The molecule has 0 atom stereocenters. The Morgan fingerprint density at radius 1 is 1.17 bits per heavy atom. The van der Waals surface area contributed by atoms with Gasteiger partial charge in [0.25, 0.3) is 5.91 Å². The maximum atomic E-state index is 12.1. The molecule has 0 fully saturated rings. The van der Waals surface area contributed by atoms with E-state index in [4.69, 9.17) is 11.6 Å². The summed E-state index contributed by atoms with van der Waals surface area (Å²) in [5.74, 6) is -0.163. The van der Waals surface area contributed by atoms with Crippen molar-refractivity contribution < 1.29 is 9.59 Å². The van der Waals surface area contributed by atoms with Crippen LogP contribution in [0.1, 0.15) is 0 Å². The number of rotatable bonds is 4. The van der Waals surface area contributed by atoms with Crippen molar-refractivity contribution in [3.63, 3.8) is 0 Å². The number of amidine groups is 1. The average Bonchev–Trinajstić information content (AvgIpc) is 2.95. The molecule has 2 aromatic carbocycles. The second-order valence-corrected chi connectivity index (χ2v) is 6.33. The highest BCUT2D eigenvalue weighted by atomic mass is 35.5. The fourth-order valence-electron chi connectivity index (χ4n) is 2.21. The molecule has 7 heteroatoms. The maximum Gasteiger partial charge on any atom is 0.254 e. The van der Waals surface area contributed by atoms with Crippen LogP contribution in [-0.4, -0.2) is 29.3 Å². The van der Waals surface area contributed by atoms with Gasteiger partial charge in [0.05, 0.1) is 16.5 Å². The van der Waals surface area contributed by atoms with Crippen molar-refractivity contribution in [3.05, 3.63) is 59.6 Å². The number of nitrogens with one attached hydrogen (secondary N) is 1. The smallest absolute Gasteiger partial charge is 0.254 e. The Hall–Kier alpha value is -2.31. The largest absolute Gasteiger partial charge is 0.325 e. The monoisotopic (exact) mass is 359 g/mol. The molecule has 24 heavy (non-hydrogen) atoms. The average molecular weight is 360 g/mol. The van der Waals surface area contributed by atoms with Crippen molar-refractivity contribution in [3.8, 4) is 0 Å². The molecule has 0 unspecified atom stereocenters. The Balaban J connectivity index is 1.65. The minimum Gasteiger partial charge on any atom is -0.325 e. The van der Waals surface area contributed by atoms with Crippen LogP contribution >= 0.6 is 23.4 Å². The van der Waals surface area contributed by atoms with Crippen molar-refractivity contribution in [2.75, 3.05) is 22.5 Å². The second-order valence-electron chi connectivity index (χ2n) is 4.98. The maximum absolute atomic E-state index is 12.1.